The summed E-state index contributed by atoms with van der Waals surface area (Å²) in [5, 5.41) is 13.2. The molecule has 7 heteroatoms. The fraction of sp³-hybridized carbons (Fsp3) is 0.667. The second-order valence-corrected chi connectivity index (χ2v) is 5.19. The molecule has 7 nitrogen and oxygen atoms in total. The van der Waals surface area contributed by atoms with Crippen LogP contribution in [-0.2, 0) is 4.74 Å². The first-order valence-corrected chi connectivity index (χ1v) is 6.45. The molecule has 0 saturated carbocycles. The van der Waals surface area contributed by atoms with Gasteiger partial charge in [0, 0.05) is 24.2 Å². The van der Waals surface area contributed by atoms with Crippen LogP contribution >= 0.6 is 0 Å². The van der Waals surface area contributed by atoms with E-state index in [0.717, 1.165) is 6.54 Å². The molecule has 2 aliphatic heterocycles. The predicted octanol–water partition coefficient (Wildman–Crippen LogP) is -1.14. The molecule has 1 aromatic rings. The monoisotopic (exact) mass is 267 g/mol. The molecule has 0 radical (unpaired) electrons. The number of rotatable bonds is 1. The van der Waals surface area contributed by atoms with E-state index < -0.39 is 18.0 Å². The van der Waals surface area contributed by atoms with Gasteiger partial charge in [-0.15, -0.1) is 0 Å². The number of H-pyrrole nitrogens is 1. The second kappa shape index (κ2) is 4.59. The molecule has 0 unspecified atom stereocenters. The van der Waals surface area contributed by atoms with Crippen molar-refractivity contribution in [2.24, 2.45) is 0 Å². The van der Waals surface area contributed by atoms with Gasteiger partial charge in [0.25, 0.3) is 5.56 Å². The van der Waals surface area contributed by atoms with E-state index in [4.69, 9.17) is 4.74 Å². The zero-order chi connectivity index (χ0) is 13.6. The van der Waals surface area contributed by atoms with Gasteiger partial charge in [-0.3, -0.25) is 14.3 Å². The molecule has 0 amide bonds. The fourth-order valence-corrected chi connectivity index (χ4v) is 2.80. The average Bonchev–Trinajstić information content (AvgIpc) is 2.79. The molecule has 2 aliphatic rings. The number of aliphatic hydroxyl groups excluding tert-OH is 1. The Morgan fingerprint density at radius 2 is 2.26 bits per heavy atom. The fourth-order valence-electron chi connectivity index (χ4n) is 2.80. The first-order chi connectivity index (χ1) is 9.06. The number of aliphatic hydroxyl groups is 1. The van der Waals surface area contributed by atoms with Crippen molar-refractivity contribution in [2.75, 3.05) is 6.54 Å². The Morgan fingerprint density at radius 3 is 3.00 bits per heavy atom. The smallest absolute Gasteiger partial charge is 0.330 e. The Balaban J connectivity index is 1.90. The van der Waals surface area contributed by atoms with Crippen molar-refractivity contribution in [3.05, 3.63) is 32.6 Å². The summed E-state index contributed by atoms with van der Waals surface area (Å²) in [4.78, 5) is 25.4. The molecule has 4 atom stereocenters. The van der Waals surface area contributed by atoms with Crippen molar-refractivity contribution in [1.82, 2.24) is 14.9 Å². The molecule has 104 valence electrons. The number of aromatic amines is 1. The zero-order valence-electron chi connectivity index (χ0n) is 10.6. The van der Waals surface area contributed by atoms with E-state index in [1.807, 2.05) is 0 Å². The number of aryl methyl sites for hydroxylation is 1. The van der Waals surface area contributed by atoms with Gasteiger partial charge in [-0.25, -0.2) is 4.79 Å². The van der Waals surface area contributed by atoms with Gasteiger partial charge in [0.1, 0.15) is 12.3 Å². The van der Waals surface area contributed by atoms with Crippen LogP contribution in [0.5, 0.6) is 0 Å². The molecule has 0 spiro atoms. The number of nitrogens with zero attached hydrogens (tertiary/aromatic N) is 1. The van der Waals surface area contributed by atoms with Crippen LogP contribution in [0.15, 0.2) is 15.8 Å². The van der Waals surface area contributed by atoms with Crippen LogP contribution in [0, 0.1) is 6.92 Å². The first-order valence-electron chi connectivity index (χ1n) is 6.45. The van der Waals surface area contributed by atoms with Crippen LogP contribution in [0.2, 0.25) is 0 Å². The lowest BCUT2D eigenvalue weighted by atomic mass is 9.98. The van der Waals surface area contributed by atoms with Crippen LogP contribution in [0.3, 0.4) is 0 Å². The predicted molar refractivity (Wildman–Crippen MR) is 67.0 cm³/mol. The molecule has 1 aromatic heterocycles. The van der Waals surface area contributed by atoms with Crippen molar-refractivity contribution >= 4 is 0 Å². The van der Waals surface area contributed by atoms with Gasteiger partial charge in [0.15, 0.2) is 0 Å². The lowest BCUT2D eigenvalue weighted by molar-refractivity contribution is -0.0755. The lowest BCUT2D eigenvalue weighted by Gasteiger charge is -2.29. The Kier molecular flexibility index (Phi) is 3.04. The highest BCUT2D eigenvalue weighted by Gasteiger charge is 2.42. The molecular formula is C12H17N3O4. The molecule has 3 heterocycles. The largest absolute Gasteiger partial charge is 0.390 e. The van der Waals surface area contributed by atoms with Crippen molar-refractivity contribution in [2.45, 2.75) is 44.2 Å². The van der Waals surface area contributed by atoms with Gasteiger partial charge in [0.2, 0.25) is 0 Å². The lowest BCUT2D eigenvalue weighted by Crippen LogP contribution is -2.49. The first kappa shape index (κ1) is 12.6. The molecule has 2 saturated heterocycles. The van der Waals surface area contributed by atoms with E-state index in [1.54, 1.807) is 6.92 Å². The number of fused-ring (bicyclic) bond motifs is 1. The van der Waals surface area contributed by atoms with E-state index in [9.17, 15) is 14.7 Å². The summed E-state index contributed by atoms with van der Waals surface area (Å²) in [5.74, 6) is 0. The Bertz CT molecular complexity index is 593. The maximum Gasteiger partial charge on any atom is 0.330 e. The highest BCUT2D eigenvalue weighted by Crippen LogP contribution is 2.32. The molecule has 0 aliphatic carbocycles. The summed E-state index contributed by atoms with van der Waals surface area (Å²) in [6, 6.07) is 0.0490. The summed E-state index contributed by atoms with van der Waals surface area (Å²) >= 11 is 0. The molecule has 3 rings (SSSR count). The highest BCUT2D eigenvalue weighted by atomic mass is 16.5. The third kappa shape index (κ3) is 2.13. The van der Waals surface area contributed by atoms with Gasteiger partial charge < -0.3 is 15.2 Å². The van der Waals surface area contributed by atoms with Gasteiger partial charge in [-0.1, -0.05) is 0 Å². The summed E-state index contributed by atoms with van der Waals surface area (Å²) in [6.07, 6.45) is 1.52. The molecular weight excluding hydrogens is 250 g/mol. The van der Waals surface area contributed by atoms with Crippen LogP contribution in [0.25, 0.3) is 0 Å². The number of hydrogen-bond acceptors (Lipinski definition) is 5. The van der Waals surface area contributed by atoms with Gasteiger partial charge in [0.05, 0.1) is 6.10 Å². The summed E-state index contributed by atoms with van der Waals surface area (Å²) in [5.41, 5.74) is -0.393. The van der Waals surface area contributed by atoms with Crippen molar-refractivity contribution in [1.29, 1.82) is 0 Å². The maximum absolute atomic E-state index is 11.8. The zero-order valence-corrected chi connectivity index (χ0v) is 10.6. The third-order valence-electron chi connectivity index (χ3n) is 3.85. The Hall–Kier alpha value is -1.44. The van der Waals surface area contributed by atoms with E-state index in [2.05, 4.69) is 10.3 Å². The SMILES string of the molecule is Cc1cn([C@H]2C[C@@H]3NCC[C@@H](O)[C@H]3O2)c(=O)[nH]c1=O. The van der Waals surface area contributed by atoms with Gasteiger partial charge in [-0.05, 0) is 19.9 Å². The van der Waals surface area contributed by atoms with E-state index in [-0.39, 0.29) is 17.7 Å². The van der Waals surface area contributed by atoms with E-state index >= 15 is 0 Å². The van der Waals surface area contributed by atoms with E-state index in [1.165, 1.54) is 10.8 Å². The number of aromatic nitrogens is 2. The van der Waals surface area contributed by atoms with Gasteiger partial charge in [-0.2, -0.15) is 0 Å². The van der Waals surface area contributed by atoms with Crippen LogP contribution in [0.4, 0.5) is 0 Å². The Morgan fingerprint density at radius 1 is 1.47 bits per heavy atom. The van der Waals surface area contributed by atoms with Crippen LogP contribution in [0.1, 0.15) is 24.6 Å². The normalized spacial score (nSPS) is 34.2. The molecule has 3 N–H and O–H groups in total. The van der Waals surface area contributed by atoms with Crippen LogP contribution < -0.4 is 16.6 Å². The molecule has 2 fully saturated rings. The van der Waals surface area contributed by atoms with Crippen molar-refractivity contribution in [3.63, 3.8) is 0 Å². The van der Waals surface area contributed by atoms with Crippen molar-refractivity contribution < 1.29 is 9.84 Å². The minimum Gasteiger partial charge on any atom is -0.390 e. The second-order valence-electron chi connectivity index (χ2n) is 5.19. The minimum atomic E-state index is -0.504. The molecule has 0 bridgehead atoms. The summed E-state index contributed by atoms with van der Waals surface area (Å²) in [6.45, 7) is 2.39. The number of ether oxygens (including phenoxy) is 1. The number of nitrogens with one attached hydrogen (secondary N) is 2. The standard InChI is InChI=1S/C12H17N3O4/c1-6-5-15(12(18)14-11(6)17)9-4-7-10(19-9)8(16)2-3-13-7/h5,7-10,13,16H,2-4H2,1H3,(H,14,17,18)/t7-,8+,9+,10-/m0/s1. The number of piperidine rings is 1. The average molecular weight is 267 g/mol. The van der Waals surface area contributed by atoms with E-state index in [0.29, 0.717) is 18.4 Å². The highest BCUT2D eigenvalue weighted by molar-refractivity contribution is 5.03. The van der Waals surface area contributed by atoms with Gasteiger partial charge >= 0.3 is 5.69 Å². The third-order valence-corrected chi connectivity index (χ3v) is 3.85. The molecule has 0 aromatic carbocycles. The molecule has 19 heavy (non-hydrogen) atoms. The van der Waals surface area contributed by atoms with Crippen molar-refractivity contribution in [3.8, 4) is 0 Å². The quantitative estimate of drug-likeness (QED) is 0.597. The minimum absolute atomic E-state index is 0.0490. The summed E-state index contributed by atoms with van der Waals surface area (Å²) in [7, 11) is 0. The summed E-state index contributed by atoms with van der Waals surface area (Å²) < 4.78 is 7.16. The Labute approximate surface area is 109 Å². The topological polar surface area (TPSA) is 96.3 Å². The maximum atomic E-state index is 11.8. The van der Waals surface area contributed by atoms with Crippen LogP contribution in [-0.4, -0.2) is 39.5 Å². The number of hydrogen-bond donors (Lipinski definition) is 3.